The molecule has 338 valence electrons. The average molecular weight is 1090 g/mol. The molecule has 0 radical (unpaired) electrons. The number of aryl methyl sites for hydroxylation is 4. The first-order valence-corrected chi connectivity index (χ1v) is 26.5. The van der Waals surface area contributed by atoms with Gasteiger partial charge in [-0.05, 0) is 113 Å². The van der Waals surface area contributed by atoms with Gasteiger partial charge >= 0.3 is 11.9 Å². The van der Waals surface area contributed by atoms with Crippen LogP contribution in [0, 0.1) is 27.7 Å². The predicted molar refractivity (Wildman–Crippen MR) is 272 cm³/mol. The Balaban J connectivity index is 1.20. The second kappa shape index (κ2) is 22.4. The van der Waals surface area contributed by atoms with E-state index < -0.39 is 0 Å². The van der Waals surface area contributed by atoms with Gasteiger partial charge < -0.3 is 9.47 Å². The molecule has 0 aliphatic heterocycles. The minimum Gasteiger partial charge on any atom is -0.466 e. The molecule has 0 amide bonds. The Kier molecular flexibility index (Phi) is 16.7. The number of thioether (sulfide) groups is 2. The summed E-state index contributed by atoms with van der Waals surface area (Å²) in [6.45, 7) is 12.2. The molecule has 7 aromatic rings. The fourth-order valence-corrected chi connectivity index (χ4v) is 13.2. The molecular formula is C52H48Br2N2O6S4+2. The van der Waals surface area contributed by atoms with Crippen LogP contribution in [0.15, 0.2) is 127 Å². The smallest absolute Gasteiger partial charge is 0.310 e. The van der Waals surface area contributed by atoms with E-state index >= 15 is 0 Å². The van der Waals surface area contributed by atoms with Crippen LogP contribution < -0.4 is 9.13 Å². The molecule has 8 nitrogen and oxygen atoms in total. The Labute approximate surface area is 419 Å². The number of aromatic nitrogens is 2. The van der Waals surface area contributed by atoms with Crippen molar-refractivity contribution in [1.82, 2.24) is 0 Å². The van der Waals surface area contributed by atoms with Gasteiger partial charge in [-0.15, -0.1) is 46.2 Å². The zero-order valence-electron chi connectivity index (χ0n) is 37.4. The molecule has 4 aromatic heterocycles. The highest BCUT2D eigenvalue weighted by atomic mass is 79.9. The van der Waals surface area contributed by atoms with E-state index in [0.29, 0.717) is 43.5 Å². The van der Waals surface area contributed by atoms with Crippen molar-refractivity contribution in [2.24, 2.45) is 0 Å². The SMILES string of the molecule is CCOC(=O)Cc1c(C(=O)c2ccc(Br)cc2)sc(SCc2ccc(CSc3sc(C(=O)c4ccc(Br)cc4)c(CC(=O)OCC)c3-[n+]3cc(C)cc(C)c3)cc2)c1-[n+]1cc(C)cc(C)c1. The molecule has 0 saturated heterocycles. The van der Waals surface area contributed by atoms with Gasteiger partial charge in [0.15, 0.2) is 24.8 Å². The van der Waals surface area contributed by atoms with Crippen LogP contribution in [0.1, 0.15) is 88.8 Å². The van der Waals surface area contributed by atoms with Crippen LogP contribution in [0.25, 0.3) is 11.4 Å². The van der Waals surface area contributed by atoms with E-state index in [9.17, 15) is 19.2 Å². The number of carbonyl (C=O) groups is 4. The quantitative estimate of drug-likeness (QED) is 0.0363. The molecule has 0 aliphatic rings. The van der Waals surface area contributed by atoms with Crippen LogP contribution in [0.3, 0.4) is 0 Å². The maximum Gasteiger partial charge on any atom is 0.310 e. The molecule has 14 heteroatoms. The summed E-state index contributed by atoms with van der Waals surface area (Å²) in [5, 5.41) is 0. The summed E-state index contributed by atoms with van der Waals surface area (Å²) in [6.07, 6.45) is 8.05. The molecule has 0 spiro atoms. The van der Waals surface area contributed by atoms with Crippen LogP contribution >= 0.6 is 78.1 Å². The lowest BCUT2D eigenvalue weighted by Crippen LogP contribution is -2.33. The van der Waals surface area contributed by atoms with Gasteiger partial charge in [-0.25, -0.2) is 0 Å². The van der Waals surface area contributed by atoms with Crippen molar-refractivity contribution < 1.29 is 37.8 Å². The van der Waals surface area contributed by atoms with Crippen LogP contribution in [-0.4, -0.2) is 36.7 Å². The molecule has 3 aromatic carbocycles. The van der Waals surface area contributed by atoms with Crippen molar-refractivity contribution in [2.45, 2.75) is 74.3 Å². The maximum absolute atomic E-state index is 14.2. The summed E-state index contributed by atoms with van der Waals surface area (Å²) in [5.74, 6) is 0.175. The lowest BCUT2D eigenvalue weighted by atomic mass is 10.0. The van der Waals surface area contributed by atoms with Crippen molar-refractivity contribution in [1.29, 1.82) is 0 Å². The monoisotopic (exact) mass is 1080 g/mol. The van der Waals surface area contributed by atoms with Gasteiger partial charge in [0.05, 0.1) is 46.9 Å². The fraction of sp³-hybridized carbons (Fsp3) is 0.231. The first-order valence-electron chi connectivity index (χ1n) is 21.3. The first kappa shape index (κ1) is 49.2. The Bertz CT molecular complexity index is 2690. The lowest BCUT2D eigenvalue weighted by molar-refractivity contribution is -0.599. The zero-order valence-corrected chi connectivity index (χ0v) is 43.8. The molecule has 0 N–H and O–H groups in total. The third kappa shape index (κ3) is 12.1. The summed E-state index contributed by atoms with van der Waals surface area (Å²) in [6, 6.07) is 27.2. The number of carbonyl (C=O) groups excluding carboxylic acids is 4. The number of hydrogen-bond acceptors (Lipinski definition) is 10. The second-order valence-electron chi connectivity index (χ2n) is 15.7. The molecule has 0 atom stereocenters. The van der Waals surface area contributed by atoms with E-state index in [-0.39, 0.29) is 49.6 Å². The number of thiophene rings is 2. The number of hydrogen-bond donors (Lipinski definition) is 0. The Morgan fingerprint density at radius 1 is 0.530 bits per heavy atom. The van der Waals surface area contributed by atoms with Crippen LogP contribution in [0.4, 0.5) is 0 Å². The number of halogens is 2. The first-order chi connectivity index (χ1) is 31.7. The molecule has 4 heterocycles. The number of rotatable bonds is 18. The third-order valence-corrected chi connectivity index (χ3v) is 16.5. The van der Waals surface area contributed by atoms with Crippen molar-refractivity contribution >= 4 is 102 Å². The molecule has 0 fully saturated rings. The number of ether oxygens (including phenoxy) is 2. The van der Waals surface area contributed by atoms with Gasteiger partial charge in [0.1, 0.15) is 8.42 Å². The highest BCUT2D eigenvalue weighted by Gasteiger charge is 2.34. The maximum atomic E-state index is 14.2. The lowest BCUT2D eigenvalue weighted by Gasteiger charge is -2.07. The summed E-state index contributed by atoms with van der Waals surface area (Å²) in [4.78, 5) is 55.8. The highest BCUT2D eigenvalue weighted by Crippen LogP contribution is 2.42. The van der Waals surface area contributed by atoms with E-state index in [2.05, 4.69) is 68.3 Å². The molecule has 7 rings (SSSR count). The van der Waals surface area contributed by atoms with Gasteiger partial charge in [-0.1, -0.05) is 56.1 Å². The summed E-state index contributed by atoms with van der Waals surface area (Å²) < 4.78 is 18.5. The molecular weight excluding hydrogens is 1040 g/mol. The summed E-state index contributed by atoms with van der Waals surface area (Å²) in [7, 11) is 0. The number of ketones is 2. The molecule has 66 heavy (non-hydrogen) atoms. The molecule has 0 aliphatic carbocycles. The van der Waals surface area contributed by atoms with Crippen molar-refractivity contribution in [2.75, 3.05) is 13.2 Å². The predicted octanol–water partition coefficient (Wildman–Crippen LogP) is 12.4. The van der Waals surface area contributed by atoms with E-state index in [4.69, 9.17) is 9.47 Å². The van der Waals surface area contributed by atoms with Crippen LogP contribution in [0.2, 0.25) is 0 Å². The molecule has 0 unspecified atom stereocenters. The Morgan fingerprint density at radius 2 is 0.864 bits per heavy atom. The standard InChI is InChI=1S/C52H48Br2N2O6S4/c1-7-61-43(57)23-41-45(55-25-31(3)21-32(4)26-55)51(65-49(41)47(59)37-13-17-39(53)18-14-37)63-29-35-9-11-36(12-10-35)30-64-52-46(56-27-33(5)22-34(6)28-56)42(24-44(58)62-8-2)50(66-52)48(60)38-15-19-40(54)20-16-38/h9-22,25-28H,7-8,23-24,29-30H2,1-6H3/q+2. The normalized spacial score (nSPS) is 11.2. The van der Waals surface area contributed by atoms with Crippen LogP contribution in [0.5, 0.6) is 0 Å². The van der Waals surface area contributed by atoms with Gasteiger partial charge in [-0.2, -0.15) is 9.13 Å². The van der Waals surface area contributed by atoms with Crippen LogP contribution in [-0.2, 0) is 43.4 Å². The Hall–Kier alpha value is -4.70. The molecule has 0 saturated carbocycles. The number of esters is 2. The van der Waals surface area contributed by atoms with Gasteiger partial charge in [-0.3, -0.25) is 19.2 Å². The topological polar surface area (TPSA) is 94.5 Å². The minimum atomic E-state index is -0.388. The number of pyridine rings is 2. The third-order valence-electron chi connectivity index (χ3n) is 10.3. The zero-order chi connectivity index (χ0) is 47.1. The summed E-state index contributed by atoms with van der Waals surface area (Å²) >= 11 is 13.1. The van der Waals surface area contributed by atoms with E-state index in [1.807, 2.05) is 85.9 Å². The van der Waals surface area contributed by atoms with E-state index in [0.717, 1.165) is 62.1 Å². The van der Waals surface area contributed by atoms with Gasteiger partial charge in [0.2, 0.25) is 22.9 Å². The van der Waals surface area contributed by atoms with Crippen molar-refractivity contribution in [3.05, 3.63) is 184 Å². The number of nitrogens with zero attached hydrogens (tertiary/aromatic N) is 2. The van der Waals surface area contributed by atoms with Crippen molar-refractivity contribution in [3.63, 3.8) is 0 Å². The Morgan fingerprint density at radius 3 is 1.18 bits per heavy atom. The van der Waals surface area contributed by atoms with Gasteiger partial charge in [0, 0.05) is 53.8 Å². The molecule has 0 bridgehead atoms. The summed E-state index contributed by atoms with van der Waals surface area (Å²) in [5.41, 5.74) is 10.4. The largest absolute Gasteiger partial charge is 0.466 e. The van der Waals surface area contributed by atoms with E-state index in [1.54, 1.807) is 61.6 Å². The highest BCUT2D eigenvalue weighted by molar-refractivity contribution is 9.10. The number of benzene rings is 3. The minimum absolute atomic E-state index is 0.0393. The van der Waals surface area contributed by atoms with Crippen molar-refractivity contribution in [3.8, 4) is 11.4 Å². The second-order valence-corrected chi connectivity index (χ2v) is 22.1. The van der Waals surface area contributed by atoms with E-state index in [1.165, 1.54) is 22.7 Å². The van der Waals surface area contributed by atoms with Gasteiger partial charge in [0.25, 0.3) is 0 Å². The fourth-order valence-electron chi connectivity index (χ4n) is 7.56. The average Bonchev–Trinajstić information content (AvgIpc) is 3.82.